The number of anilines is 2. The molecule has 0 heterocycles. The topological polar surface area (TPSA) is 75.7 Å². The highest BCUT2D eigenvalue weighted by Crippen LogP contribution is 2.34. The second-order valence-corrected chi connectivity index (χ2v) is 9.21. The van der Waals surface area contributed by atoms with Crippen molar-refractivity contribution in [1.82, 2.24) is 0 Å². The first-order chi connectivity index (χ1) is 16.0. The van der Waals surface area contributed by atoms with Crippen LogP contribution in [0.4, 0.5) is 24.5 Å². The highest BCUT2D eigenvalue weighted by Gasteiger charge is 2.34. The fourth-order valence-corrected chi connectivity index (χ4v) is 4.61. The Morgan fingerprint density at radius 1 is 0.971 bits per heavy atom. The third-order valence-corrected chi connectivity index (χ3v) is 6.63. The fraction of sp³-hybridized carbons (Fsp3) is 0.208. The SMILES string of the molecule is CCOc1ccc(N(CC(=O)Nc2ccccc2C(F)(F)F)S(=O)(=O)c2ccc(C)cc2)cc1. The summed E-state index contributed by atoms with van der Waals surface area (Å²) in [5, 5.41) is 2.19. The summed E-state index contributed by atoms with van der Waals surface area (Å²) in [5.74, 6) is -0.427. The fourth-order valence-electron chi connectivity index (χ4n) is 3.19. The van der Waals surface area contributed by atoms with E-state index in [9.17, 15) is 26.4 Å². The molecule has 0 saturated heterocycles. The second-order valence-electron chi connectivity index (χ2n) is 7.34. The molecule has 3 rings (SSSR count). The molecule has 1 amide bonds. The molecule has 10 heteroatoms. The Balaban J connectivity index is 1.96. The standard InChI is InChI=1S/C24H23F3N2O4S/c1-3-33-19-12-10-18(11-13-19)29(34(31,32)20-14-8-17(2)9-15-20)16-23(30)28-22-7-5-4-6-21(22)24(25,26)27/h4-15H,3,16H2,1-2H3,(H,28,30). The molecule has 0 aliphatic carbocycles. The smallest absolute Gasteiger partial charge is 0.418 e. The number of benzene rings is 3. The number of nitrogens with one attached hydrogen (secondary N) is 1. The Kier molecular flexibility index (Phi) is 7.51. The van der Waals surface area contributed by atoms with Gasteiger partial charge in [0.15, 0.2) is 0 Å². The predicted octanol–water partition coefficient (Wildman–Crippen LogP) is 5.25. The number of sulfonamides is 1. The molecule has 0 radical (unpaired) electrons. The van der Waals surface area contributed by atoms with Gasteiger partial charge in [-0.25, -0.2) is 8.42 Å². The molecule has 180 valence electrons. The van der Waals surface area contributed by atoms with Crippen molar-refractivity contribution in [2.24, 2.45) is 0 Å². The molecule has 0 aliphatic rings. The summed E-state index contributed by atoms with van der Waals surface area (Å²) in [5.41, 5.74) is -0.493. The van der Waals surface area contributed by atoms with Crippen LogP contribution in [0.5, 0.6) is 5.75 Å². The molecule has 0 saturated carbocycles. The van der Waals surface area contributed by atoms with E-state index in [2.05, 4.69) is 5.32 Å². The lowest BCUT2D eigenvalue weighted by Crippen LogP contribution is -2.38. The Hall–Kier alpha value is -3.53. The van der Waals surface area contributed by atoms with Gasteiger partial charge in [-0.2, -0.15) is 13.2 Å². The molecule has 3 aromatic rings. The van der Waals surface area contributed by atoms with Crippen molar-refractivity contribution >= 4 is 27.3 Å². The number of rotatable bonds is 8. The predicted molar refractivity (Wildman–Crippen MR) is 123 cm³/mol. The van der Waals surface area contributed by atoms with Crippen LogP contribution in [0.3, 0.4) is 0 Å². The highest BCUT2D eigenvalue weighted by atomic mass is 32.2. The van der Waals surface area contributed by atoms with Gasteiger partial charge >= 0.3 is 6.18 Å². The first-order valence-electron chi connectivity index (χ1n) is 10.3. The van der Waals surface area contributed by atoms with E-state index in [4.69, 9.17) is 4.74 Å². The van der Waals surface area contributed by atoms with E-state index in [1.807, 2.05) is 0 Å². The van der Waals surface area contributed by atoms with Crippen LogP contribution in [0.1, 0.15) is 18.1 Å². The summed E-state index contributed by atoms with van der Waals surface area (Å²) in [6.45, 7) is 3.26. The minimum Gasteiger partial charge on any atom is -0.494 e. The normalized spacial score (nSPS) is 11.7. The molecule has 3 aromatic carbocycles. The molecular weight excluding hydrogens is 469 g/mol. The van der Waals surface area contributed by atoms with Crippen molar-refractivity contribution in [3.05, 3.63) is 83.9 Å². The highest BCUT2D eigenvalue weighted by molar-refractivity contribution is 7.92. The number of halogens is 3. The largest absolute Gasteiger partial charge is 0.494 e. The summed E-state index contributed by atoms with van der Waals surface area (Å²) < 4.78 is 72.9. The molecule has 6 nitrogen and oxygen atoms in total. The number of alkyl halides is 3. The van der Waals surface area contributed by atoms with E-state index in [0.29, 0.717) is 12.4 Å². The summed E-state index contributed by atoms with van der Waals surface area (Å²) >= 11 is 0. The average Bonchev–Trinajstić information content (AvgIpc) is 2.78. The maximum atomic E-state index is 13.4. The van der Waals surface area contributed by atoms with Gasteiger partial charge in [0.2, 0.25) is 5.91 Å². The Bertz CT molecular complexity index is 1240. The lowest BCUT2D eigenvalue weighted by molar-refractivity contribution is -0.137. The van der Waals surface area contributed by atoms with Crippen LogP contribution >= 0.6 is 0 Å². The molecule has 0 fully saturated rings. The molecule has 0 aliphatic heterocycles. The quantitative estimate of drug-likeness (QED) is 0.466. The number of ether oxygens (including phenoxy) is 1. The lowest BCUT2D eigenvalue weighted by Gasteiger charge is -2.25. The van der Waals surface area contributed by atoms with Crippen molar-refractivity contribution in [3.63, 3.8) is 0 Å². The molecule has 34 heavy (non-hydrogen) atoms. The van der Waals surface area contributed by atoms with Crippen molar-refractivity contribution in [2.45, 2.75) is 24.9 Å². The van der Waals surface area contributed by atoms with Crippen molar-refractivity contribution in [2.75, 3.05) is 22.8 Å². The Labute approximate surface area is 196 Å². The molecule has 0 atom stereocenters. The maximum Gasteiger partial charge on any atom is 0.418 e. The van der Waals surface area contributed by atoms with Gasteiger partial charge in [0, 0.05) is 0 Å². The zero-order chi connectivity index (χ0) is 24.9. The number of hydrogen-bond donors (Lipinski definition) is 1. The van der Waals surface area contributed by atoms with Gasteiger partial charge in [0.1, 0.15) is 12.3 Å². The third kappa shape index (κ3) is 5.88. The first kappa shape index (κ1) is 25.1. The van der Waals surface area contributed by atoms with Gasteiger partial charge < -0.3 is 10.1 Å². The second kappa shape index (κ2) is 10.2. The lowest BCUT2D eigenvalue weighted by atomic mass is 10.1. The zero-order valence-electron chi connectivity index (χ0n) is 18.5. The van der Waals surface area contributed by atoms with Crippen LogP contribution in [0, 0.1) is 6.92 Å². The van der Waals surface area contributed by atoms with Gasteiger partial charge in [-0.05, 0) is 62.4 Å². The third-order valence-electron chi connectivity index (χ3n) is 4.84. The summed E-state index contributed by atoms with van der Waals surface area (Å²) in [7, 11) is -4.21. The minimum atomic E-state index is -4.69. The van der Waals surface area contributed by atoms with Gasteiger partial charge in [-0.1, -0.05) is 29.8 Å². The first-order valence-corrected chi connectivity index (χ1v) is 11.7. The van der Waals surface area contributed by atoms with Gasteiger partial charge in [-0.3, -0.25) is 9.10 Å². The number of amides is 1. The van der Waals surface area contributed by atoms with Crippen LogP contribution in [-0.4, -0.2) is 27.5 Å². The average molecular weight is 493 g/mol. The zero-order valence-corrected chi connectivity index (χ0v) is 19.3. The van der Waals surface area contributed by atoms with Gasteiger partial charge in [0.05, 0.1) is 28.4 Å². The molecule has 0 bridgehead atoms. The Morgan fingerprint density at radius 3 is 2.18 bits per heavy atom. The summed E-state index contributed by atoms with van der Waals surface area (Å²) in [6, 6.07) is 16.6. The number of nitrogens with zero attached hydrogens (tertiary/aromatic N) is 1. The summed E-state index contributed by atoms with van der Waals surface area (Å²) in [6.07, 6.45) is -4.69. The van der Waals surface area contributed by atoms with Crippen LogP contribution in [0.15, 0.2) is 77.7 Å². The number of hydrogen-bond acceptors (Lipinski definition) is 4. The molecular formula is C24H23F3N2O4S. The number of carbonyl (C=O) groups is 1. The van der Waals surface area contributed by atoms with Gasteiger partial charge in [-0.15, -0.1) is 0 Å². The van der Waals surface area contributed by atoms with E-state index in [1.54, 1.807) is 38.1 Å². The van der Waals surface area contributed by atoms with E-state index in [1.165, 1.54) is 36.4 Å². The van der Waals surface area contributed by atoms with E-state index in [-0.39, 0.29) is 10.6 Å². The van der Waals surface area contributed by atoms with Crippen molar-refractivity contribution < 1.29 is 31.1 Å². The Morgan fingerprint density at radius 2 is 1.59 bits per heavy atom. The number of aryl methyl sites for hydroxylation is 1. The van der Waals surface area contributed by atoms with Gasteiger partial charge in [0.25, 0.3) is 10.0 Å². The molecule has 1 N–H and O–H groups in total. The van der Waals surface area contributed by atoms with E-state index >= 15 is 0 Å². The minimum absolute atomic E-state index is 0.0597. The van der Waals surface area contributed by atoms with Crippen molar-refractivity contribution in [1.29, 1.82) is 0 Å². The van der Waals surface area contributed by atoms with Crippen LogP contribution < -0.4 is 14.4 Å². The molecule has 0 aromatic heterocycles. The van der Waals surface area contributed by atoms with Crippen LogP contribution in [0.2, 0.25) is 0 Å². The van der Waals surface area contributed by atoms with Crippen LogP contribution in [0.25, 0.3) is 0 Å². The van der Waals surface area contributed by atoms with Crippen molar-refractivity contribution in [3.8, 4) is 5.75 Å². The maximum absolute atomic E-state index is 13.4. The van der Waals surface area contributed by atoms with Crippen LogP contribution in [-0.2, 0) is 21.0 Å². The van der Waals surface area contributed by atoms with E-state index in [0.717, 1.165) is 22.0 Å². The number of para-hydroxylation sites is 1. The van der Waals surface area contributed by atoms with E-state index < -0.39 is 39.9 Å². The molecule has 0 unspecified atom stereocenters. The number of carbonyl (C=O) groups excluding carboxylic acids is 1. The monoisotopic (exact) mass is 492 g/mol. The summed E-state index contributed by atoms with van der Waals surface area (Å²) in [4.78, 5) is 12.7. The molecule has 0 spiro atoms.